The number of carbonyl (C=O) groups is 1. The Labute approximate surface area is 194 Å². The van der Waals surface area contributed by atoms with Gasteiger partial charge in [-0.15, -0.1) is 11.3 Å². The van der Waals surface area contributed by atoms with Crippen molar-refractivity contribution in [2.24, 2.45) is 0 Å². The standard InChI is InChI=1S/C21H22FN5O4S2/c1-21(2,17-11-32-20(26-17)27-33(29,30)13-5-6-13)19(28)25-15-7-4-12(8-14(15)22)16-9-23-10-18(24-16)31-3/h4,7-11,13H,5-6H2,1-3H3,(H,25,28)(H,26,27). The van der Waals surface area contributed by atoms with Crippen LogP contribution in [-0.4, -0.2) is 41.6 Å². The third-order valence-electron chi connectivity index (χ3n) is 5.24. The van der Waals surface area contributed by atoms with E-state index in [0.29, 0.717) is 35.7 Å². The molecule has 1 aliphatic rings. The number of nitrogens with one attached hydrogen (secondary N) is 2. The summed E-state index contributed by atoms with van der Waals surface area (Å²) >= 11 is 1.10. The number of anilines is 2. The van der Waals surface area contributed by atoms with E-state index in [1.165, 1.54) is 31.6 Å². The van der Waals surface area contributed by atoms with E-state index in [1.54, 1.807) is 25.3 Å². The third kappa shape index (κ3) is 4.96. The van der Waals surface area contributed by atoms with Gasteiger partial charge in [0.25, 0.3) is 0 Å². The molecule has 1 aromatic carbocycles. The van der Waals surface area contributed by atoms with E-state index in [-0.39, 0.29) is 16.1 Å². The Morgan fingerprint density at radius 2 is 2.00 bits per heavy atom. The number of benzene rings is 1. The Bertz CT molecular complexity index is 1310. The smallest absolute Gasteiger partial charge is 0.237 e. The van der Waals surface area contributed by atoms with Gasteiger partial charge in [0, 0.05) is 10.9 Å². The number of rotatable bonds is 8. The van der Waals surface area contributed by atoms with Crippen LogP contribution in [0.2, 0.25) is 0 Å². The summed E-state index contributed by atoms with van der Waals surface area (Å²) in [6, 6.07) is 4.30. The lowest BCUT2D eigenvalue weighted by Crippen LogP contribution is -2.35. The number of halogens is 1. The van der Waals surface area contributed by atoms with Crippen LogP contribution >= 0.6 is 11.3 Å². The van der Waals surface area contributed by atoms with E-state index in [4.69, 9.17) is 4.74 Å². The third-order valence-corrected chi connectivity index (χ3v) is 7.95. The quantitative estimate of drug-likeness (QED) is 0.494. The molecule has 174 valence electrons. The molecule has 9 nitrogen and oxygen atoms in total. The predicted molar refractivity (Wildman–Crippen MR) is 123 cm³/mol. The molecule has 33 heavy (non-hydrogen) atoms. The SMILES string of the molecule is COc1cncc(-c2ccc(NC(=O)C(C)(C)c3csc(NS(=O)(=O)C4CC4)n3)c(F)c2)n1. The van der Waals surface area contributed by atoms with Gasteiger partial charge in [-0.3, -0.25) is 14.5 Å². The van der Waals surface area contributed by atoms with Crippen LogP contribution < -0.4 is 14.8 Å². The van der Waals surface area contributed by atoms with Crippen molar-refractivity contribution in [3.63, 3.8) is 0 Å². The number of thiazole rings is 1. The fourth-order valence-corrected chi connectivity index (χ4v) is 5.42. The second-order valence-electron chi connectivity index (χ2n) is 8.10. The molecule has 2 aromatic heterocycles. The molecule has 0 unspecified atom stereocenters. The molecule has 0 atom stereocenters. The molecule has 2 heterocycles. The second kappa shape index (κ2) is 8.67. The number of aromatic nitrogens is 3. The summed E-state index contributed by atoms with van der Waals surface area (Å²) in [5.74, 6) is -0.830. The van der Waals surface area contributed by atoms with Crippen molar-refractivity contribution in [1.82, 2.24) is 15.0 Å². The molecule has 0 radical (unpaired) electrons. The molecular weight excluding hydrogens is 469 g/mol. The largest absolute Gasteiger partial charge is 0.480 e. The van der Waals surface area contributed by atoms with E-state index < -0.39 is 27.2 Å². The monoisotopic (exact) mass is 491 g/mol. The first-order valence-electron chi connectivity index (χ1n) is 10.0. The predicted octanol–water partition coefficient (Wildman–Crippen LogP) is 3.57. The van der Waals surface area contributed by atoms with Crippen molar-refractivity contribution in [3.8, 4) is 17.1 Å². The first-order valence-corrected chi connectivity index (χ1v) is 12.5. The molecule has 1 saturated carbocycles. The van der Waals surface area contributed by atoms with Gasteiger partial charge in [0.15, 0.2) is 5.13 Å². The van der Waals surface area contributed by atoms with Crippen LogP contribution in [0.25, 0.3) is 11.3 Å². The lowest BCUT2D eigenvalue weighted by atomic mass is 9.89. The Kier molecular flexibility index (Phi) is 6.06. The topological polar surface area (TPSA) is 123 Å². The maximum absolute atomic E-state index is 14.8. The molecule has 0 aliphatic heterocycles. The first-order chi connectivity index (χ1) is 15.6. The molecule has 0 bridgehead atoms. The summed E-state index contributed by atoms with van der Waals surface area (Å²) < 4.78 is 46.5. The van der Waals surface area contributed by atoms with E-state index in [1.807, 2.05) is 0 Å². The highest BCUT2D eigenvalue weighted by Gasteiger charge is 2.37. The maximum Gasteiger partial charge on any atom is 0.237 e. The van der Waals surface area contributed by atoms with Crippen LogP contribution in [0.4, 0.5) is 15.2 Å². The van der Waals surface area contributed by atoms with Crippen molar-refractivity contribution in [1.29, 1.82) is 0 Å². The Hall–Kier alpha value is -3.12. The lowest BCUT2D eigenvalue weighted by Gasteiger charge is -2.22. The van der Waals surface area contributed by atoms with Crippen LogP contribution in [0.15, 0.2) is 36.0 Å². The van der Waals surface area contributed by atoms with Crippen LogP contribution in [0.1, 0.15) is 32.4 Å². The summed E-state index contributed by atoms with van der Waals surface area (Å²) in [6.45, 7) is 3.27. The number of nitrogens with zero attached hydrogens (tertiary/aromatic N) is 3. The van der Waals surface area contributed by atoms with E-state index in [0.717, 1.165) is 11.3 Å². The Balaban J connectivity index is 1.49. The fraction of sp³-hybridized carbons (Fsp3) is 0.333. The van der Waals surface area contributed by atoms with Gasteiger partial charge in [0.2, 0.25) is 21.8 Å². The van der Waals surface area contributed by atoms with Crippen molar-refractivity contribution in [2.75, 3.05) is 17.1 Å². The van der Waals surface area contributed by atoms with Gasteiger partial charge in [-0.2, -0.15) is 0 Å². The van der Waals surface area contributed by atoms with Gasteiger partial charge in [0.1, 0.15) is 5.82 Å². The molecule has 1 fully saturated rings. The van der Waals surface area contributed by atoms with Crippen LogP contribution in [-0.2, 0) is 20.2 Å². The van der Waals surface area contributed by atoms with Crippen molar-refractivity contribution in [2.45, 2.75) is 37.4 Å². The zero-order valence-electron chi connectivity index (χ0n) is 18.1. The number of sulfonamides is 1. The molecule has 1 aliphatic carbocycles. The minimum absolute atomic E-state index is 0.00225. The molecule has 4 rings (SSSR count). The average molecular weight is 492 g/mol. The molecule has 0 spiro atoms. The maximum atomic E-state index is 14.8. The zero-order chi connectivity index (χ0) is 23.8. The molecule has 2 N–H and O–H groups in total. The lowest BCUT2D eigenvalue weighted by molar-refractivity contribution is -0.120. The molecule has 12 heteroatoms. The fourth-order valence-electron chi connectivity index (χ4n) is 2.95. The molecule has 0 saturated heterocycles. The van der Waals surface area contributed by atoms with Crippen LogP contribution in [0.3, 0.4) is 0 Å². The van der Waals surface area contributed by atoms with Crippen molar-refractivity contribution >= 4 is 38.1 Å². The second-order valence-corrected chi connectivity index (χ2v) is 10.9. The van der Waals surface area contributed by atoms with Crippen LogP contribution in [0.5, 0.6) is 5.88 Å². The van der Waals surface area contributed by atoms with Gasteiger partial charge in [-0.1, -0.05) is 6.07 Å². The van der Waals surface area contributed by atoms with Gasteiger partial charge in [0.05, 0.1) is 47.2 Å². The molecule has 3 aromatic rings. The summed E-state index contributed by atoms with van der Waals surface area (Å²) in [4.78, 5) is 25.5. The normalized spacial score (nSPS) is 14.1. The highest BCUT2D eigenvalue weighted by Crippen LogP contribution is 2.33. The van der Waals surface area contributed by atoms with E-state index >= 15 is 0 Å². The Morgan fingerprint density at radius 1 is 1.24 bits per heavy atom. The van der Waals surface area contributed by atoms with Crippen molar-refractivity contribution < 1.29 is 22.3 Å². The van der Waals surface area contributed by atoms with Gasteiger partial charge < -0.3 is 10.1 Å². The van der Waals surface area contributed by atoms with Crippen LogP contribution in [0, 0.1) is 5.82 Å². The number of carbonyl (C=O) groups excluding carboxylic acids is 1. The zero-order valence-corrected chi connectivity index (χ0v) is 19.8. The minimum Gasteiger partial charge on any atom is -0.480 e. The molecular formula is C21H22FN5O4S2. The summed E-state index contributed by atoms with van der Waals surface area (Å²) in [5, 5.41) is 4.03. The van der Waals surface area contributed by atoms with Gasteiger partial charge >= 0.3 is 0 Å². The first kappa shape index (κ1) is 23.1. The summed E-state index contributed by atoms with van der Waals surface area (Å²) in [5.41, 5.74) is 0.140. The average Bonchev–Trinajstić information content (AvgIpc) is 3.55. The van der Waals surface area contributed by atoms with Gasteiger partial charge in [-0.05, 0) is 38.8 Å². The minimum atomic E-state index is -3.45. The summed E-state index contributed by atoms with van der Waals surface area (Å²) in [6.07, 6.45) is 4.19. The van der Waals surface area contributed by atoms with E-state index in [9.17, 15) is 17.6 Å². The Morgan fingerprint density at radius 3 is 2.67 bits per heavy atom. The van der Waals surface area contributed by atoms with Crippen molar-refractivity contribution in [3.05, 3.63) is 47.5 Å². The molecule has 1 amide bonds. The number of hydrogen-bond acceptors (Lipinski definition) is 8. The number of ether oxygens (including phenoxy) is 1. The highest BCUT2D eigenvalue weighted by atomic mass is 32.2. The number of amides is 1. The summed E-state index contributed by atoms with van der Waals surface area (Å²) in [7, 11) is -1.99. The van der Waals surface area contributed by atoms with Gasteiger partial charge in [-0.25, -0.2) is 22.8 Å². The highest BCUT2D eigenvalue weighted by molar-refractivity contribution is 7.93. The number of hydrogen-bond donors (Lipinski definition) is 2. The number of methoxy groups -OCH3 is 1. The van der Waals surface area contributed by atoms with E-state index in [2.05, 4.69) is 25.0 Å².